The van der Waals surface area contributed by atoms with Crippen LogP contribution in [-0.4, -0.2) is 49.1 Å². The second-order valence-corrected chi connectivity index (χ2v) is 6.49. The molecule has 0 saturated carbocycles. The Hall–Kier alpha value is -1.70. The maximum Gasteiger partial charge on any atom is 0.272 e. The molecule has 0 spiro atoms. The van der Waals surface area contributed by atoms with Gasteiger partial charge in [0.1, 0.15) is 15.7 Å². The van der Waals surface area contributed by atoms with E-state index >= 15 is 0 Å². The zero-order chi connectivity index (χ0) is 14.5. The Labute approximate surface area is 112 Å². The first-order chi connectivity index (χ1) is 8.81. The quantitative estimate of drug-likeness (QED) is 0.767. The summed E-state index contributed by atoms with van der Waals surface area (Å²) >= 11 is 0. The maximum absolute atomic E-state index is 11.8. The van der Waals surface area contributed by atoms with Crippen molar-refractivity contribution >= 4 is 21.6 Å². The molecule has 0 bridgehead atoms. The van der Waals surface area contributed by atoms with Crippen LogP contribution in [0, 0.1) is 0 Å². The average molecular weight is 286 g/mol. The van der Waals surface area contributed by atoms with E-state index in [2.05, 4.69) is 20.8 Å². The number of rotatable bonds is 6. The Morgan fingerprint density at radius 3 is 2.53 bits per heavy atom. The van der Waals surface area contributed by atoms with E-state index in [9.17, 15) is 13.2 Å². The van der Waals surface area contributed by atoms with E-state index in [4.69, 9.17) is 0 Å². The maximum atomic E-state index is 11.8. The Bertz CT molecular complexity index is 527. The first kappa shape index (κ1) is 15.4. The lowest BCUT2D eigenvalue weighted by Gasteiger charge is -2.12. The summed E-state index contributed by atoms with van der Waals surface area (Å²) in [6.45, 7) is 4.26. The first-order valence-corrected chi connectivity index (χ1v) is 7.94. The minimum atomic E-state index is -3.13. The molecule has 1 unspecified atom stereocenters. The third-order valence-corrected chi connectivity index (χ3v) is 3.29. The molecule has 106 valence electrons. The molecule has 19 heavy (non-hydrogen) atoms. The molecular formula is C11H18N4O3S. The predicted octanol–water partition coefficient (Wildman–Crippen LogP) is 0.0713. The van der Waals surface area contributed by atoms with Gasteiger partial charge in [-0.3, -0.25) is 4.79 Å². The van der Waals surface area contributed by atoms with E-state index in [0.29, 0.717) is 12.4 Å². The molecule has 0 aromatic carbocycles. The topological polar surface area (TPSA) is 101 Å². The molecule has 0 radical (unpaired) electrons. The van der Waals surface area contributed by atoms with E-state index in [0.717, 1.165) is 6.26 Å². The summed E-state index contributed by atoms with van der Waals surface area (Å²) in [4.78, 5) is 11.8. The molecule has 0 fully saturated rings. The number of nitrogens with zero attached hydrogens (tertiary/aromatic N) is 2. The van der Waals surface area contributed by atoms with Gasteiger partial charge in [-0.05, 0) is 26.0 Å². The zero-order valence-corrected chi connectivity index (χ0v) is 12.0. The molecule has 1 rings (SSSR count). The van der Waals surface area contributed by atoms with E-state index in [1.54, 1.807) is 13.0 Å². The van der Waals surface area contributed by atoms with Crippen LogP contribution >= 0.6 is 0 Å². The molecule has 1 aromatic heterocycles. The van der Waals surface area contributed by atoms with Crippen molar-refractivity contribution in [3.8, 4) is 0 Å². The fourth-order valence-corrected chi connectivity index (χ4v) is 2.51. The van der Waals surface area contributed by atoms with Crippen LogP contribution in [0.5, 0.6) is 0 Å². The van der Waals surface area contributed by atoms with Crippen molar-refractivity contribution in [1.29, 1.82) is 0 Å². The molecular weight excluding hydrogens is 268 g/mol. The van der Waals surface area contributed by atoms with E-state index in [1.165, 1.54) is 6.07 Å². The predicted molar refractivity (Wildman–Crippen MR) is 72.8 cm³/mol. The van der Waals surface area contributed by atoms with Crippen LogP contribution in [0.2, 0.25) is 0 Å². The van der Waals surface area contributed by atoms with Crippen LogP contribution in [-0.2, 0) is 9.84 Å². The summed E-state index contributed by atoms with van der Waals surface area (Å²) in [6, 6.07) is 2.71. The van der Waals surface area contributed by atoms with Crippen molar-refractivity contribution in [2.75, 3.05) is 23.9 Å². The van der Waals surface area contributed by atoms with E-state index < -0.39 is 21.8 Å². The van der Waals surface area contributed by atoms with Gasteiger partial charge in [0.25, 0.3) is 5.91 Å². The Morgan fingerprint density at radius 1 is 1.37 bits per heavy atom. The number of hydrogen-bond acceptors (Lipinski definition) is 6. The lowest BCUT2D eigenvalue weighted by atomic mass is 10.3. The molecule has 7 nitrogen and oxygen atoms in total. The molecule has 1 atom stereocenters. The van der Waals surface area contributed by atoms with Gasteiger partial charge in [0.15, 0.2) is 5.69 Å². The van der Waals surface area contributed by atoms with Crippen LogP contribution in [0.1, 0.15) is 24.3 Å². The van der Waals surface area contributed by atoms with Crippen LogP contribution in [0.15, 0.2) is 12.1 Å². The fourth-order valence-electron chi connectivity index (χ4n) is 1.52. The summed E-state index contributed by atoms with van der Waals surface area (Å²) in [5.74, 6) is 0.0386. The minimum absolute atomic E-state index is 0.109. The molecule has 1 amide bonds. The van der Waals surface area contributed by atoms with Crippen molar-refractivity contribution in [3.05, 3.63) is 17.8 Å². The monoisotopic (exact) mass is 286 g/mol. The average Bonchev–Trinajstić information content (AvgIpc) is 2.27. The molecule has 0 saturated heterocycles. The lowest BCUT2D eigenvalue weighted by Crippen LogP contribution is -2.37. The van der Waals surface area contributed by atoms with Gasteiger partial charge in [-0.1, -0.05) is 0 Å². The summed E-state index contributed by atoms with van der Waals surface area (Å²) in [7, 11) is -3.13. The normalized spacial score (nSPS) is 12.8. The Kier molecular flexibility index (Phi) is 5.22. The number of anilines is 1. The SMILES string of the molecule is CCNc1ccc(C(=O)NC(C)CS(C)(=O)=O)nn1. The molecule has 1 heterocycles. The van der Waals surface area contributed by atoms with Gasteiger partial charge in [0, 0.05) is 18.8 Å². The number of carbonyl (C=O) groups is 1. The third-order valence-electron chi connectivity index (χ3n) is 2.19. The number of aromatic nitrogens is 2. The smallest absolute Gasteiger partial charge is 0.272 e. The summed E-state index contributed by atoms with van der Waals surface area (Å²) in [5.41, 5.74) is 0.155. The second-order valence-electron chi connectivity index (χ2n) is 4.30. The highest BCUT2D eigenvalue weighted by molar-refractivity contribution is 7.90. The number of nitrogens with one attached hydrogen (secondary N) is 2. The van der Waals surface area contributed by atoms with Gasteiger partial charge in [-0.15, -0.1) is 10.2 Å². The van der Waals surface area contributed by atoms with Gasteiger partial charge in [-0.2, -0.15) is 0 Å². The van der Waals surface area contributed by atoms with Crippen LogP contribution < -0.4 is 10.6 Å². The van der Waals surface area contributed by atoms with E-state index in [-0.39, 0.29) is 11.4 Å². The number of carbonyl (C=O) groups excluding carboxylic acids is 1. The molecule has 0 aliphatic carbocycles. The van der Waals surface area contributed by atoms with E-state index in [1.807, 2.05) is 6.92 Å². The van der Waals surface area contributed by atoms with Crippen LogP contribution in [0.4, 0.5) is 5.82 Å². The highest BCUT2D eigenvalue weighted by Crippen LogP contribution is 2.02. The largest absolute Gasteiger partial charge is 0.369 e. The van der Waals surface area contributed by atoms with Crippen LogP contribution in [0.3, 0.4) is 0 Å². The van der Waals surface area contributed by atoms with Gasteiger partial charge in [-0.25, -0.2) is 8.42 Å². The Balaban J connectivity index is 2.63. The molecule has 0 aliphatic rings. The summed E-state index contributed by atoms with van der Waals surface area (Å²) in [6.07, 6.45) is 1.13. The van der Waals surface area contributed by atoms with Crippen molar-refractivity contribution in [2.24, 2.45) is 0 Å². The molecule has 2 N–H and O–H groups in total. The van der Waals surface area contributed by atoms with Gasteiger partial charge >= 0.3 is 0 Å². The third kappa shape index (κ3) is 5.64. The standard InChI is InChI=1S/C11H18N4O3S/c1-4-12-10-6-5-9(14-15-10)11(16)13-8(2)7-19(3,17)18/h5-6,8H,4,7H2,1-3H3,(H,12,15)(H,13,16). The zero-order valence-electron chi connectivity index (χ0n) is 11.2. The first-order valence-electron chi connectivity index (χ1n) is 5.88. The molecule has 8 heteroatoms. The van der Waals surface area contributed by atoms with Crippen molar-refractivity contribution in [3.63, 3.8) is 0 Å². The summed E-state index contributed by atoms with van der Waals surface area (Å²) < 4.78 is 22.2. The second kappa shape index (κ2) is 6.46. The van der Waals surface area contributed by atoms with Crippen molar-refractivity contribution in [1.82, 2.24) is 15.5 Å². The number of amides is 1. The van der Waals surface area contributed by atoms with Crippen molar-refractivity contribution in [2.45, 2.75) is 19.9 Å². The highest BCUT2D eigenvalue weighted by atomic mass is 32.2. The fraction of sp³-hybridized carbons (Fsp3) is 0.545. The van der Waals surface area contributed by atoms with Crippen molar-refractivity contribution < 1.29 is 13.2 Å². The number of hydrogen-bond donors (Lipinski definition) is 2. The number of sulfone groups is 1. The van der Waals surface area contributed by atoms with Gasteiger partial charge in [0.05, 0.1) is 5.75 Å². The Morgan fingerprint density at radius 2 is 2.05 bits per heavy atom. The summed E-state index contributed by atoms with van der Waals surface area (Å²) in [5, 5.41) is 13.1. The molecule has 0 aliphatic heterocycles. The lowest BCUT2D eigenvalue weighted by molar-refractivity contribution is 0.0937. The molecule has 1 aromatic rings. The highest BCUT2D eigenvalue weighted by Gasteiger charge is 2.15. The van der Waals surface area contributed by atoms with Crippen LogP contribution in [0.25, 0.3) is 0 Å². The van der Waals surface area contributed by atoms with Gasteiger partial charge < -0.3 is 10.6 Å². The van der Waals surface area contributed by atoms with Gasteiger partial charge in [0.2, 0.25) is 0 Å². The minimum Gasteiger partial charge on any atom is -0.369 e.